The Morgan fingerprint density at radius 3 is 2.75 bits per heavy atom. The van der Waals surface area contributed by atoms with E-state index in [0.29, 0.717) is 17.2 Å². The molecule has 4 rings (SSSR count). The molecule has 3 aromatic heterocycles. The van der Waals surface area contributed by atoms with Crippen molar-refractivity contribution in [2.45, 2.75) is 32.2 Å². The highest BCUT2D eigenvalue weighted by Gasteiger charge is 2.34. The standard InChI is InChI=1S/C21H23N5O2/c1-11-6-16(11)26-20(27)13-7-17(25-18(8-13)21(28)22-3)12(2)15-9-23-10-19-14(15)4-5-24-19/h4-5,7-12,16,24H,6H2,1-3H3,(H,22,28)(H,26,27)/t11-,12?,16-/m0/s1. The quantitative estimate of drug-likeness (QED) is 0.636. The summed E-state index contributed by atoms with van der Waals surface area (Å²) in [5.41, 5.74) is 3.26. The number of aromatic amines is 1. The molecule has 0 aliphatic heterocycles. The van der Waals surface area contributed by atoms with Crippen LogP contribution < -0.4 is 10.6 Å². The fourth-order valence-electron chi connectivity index (χ4n) is 3.43. The van der Waals surface area contributed by atoms with E-state index in [1.807, 2.05) is 19.2 Å². The molecule has 1 unspecified atom stereocenters. The first-order chi connectivity index (χ1) is 13.5. The second-order valence-electron chi connectivity index (χ2n) is 7.43. The summed E-state index contributed by atoms with van der Waals surface area (Å²) < 4.78 is 0. The summed E-state index contributed by atoms with van der Waals surface area (Å²) in [6, 6.07) is 5.52. The summed E-state index contributed by atoms with van der Waals surface area (Å²) in [7, 11) is 1.55. The van der Waals surface area contributed by atoms with Crippen LogP contribution >= 0.6 is 0 Å². The lowest BCUT2D eigenvalue weighted by Gasteiger charge is -2.15. The number of hydrogen-bond acceptors (Lipinski definition) is 4. The second kappa shape index (κ2) is 7.07. The van der Waals surface area contributed by atoms with Gasteiger partial charge in [0.1, 0.15) is 5.69 Å². The molecule has 28 heavy (non-hydrogen) atoms. The van der Waals surface area contributed by atoms with Crippen LogP contribution in [-0.2, 0) is 0 Å². The molecule has 3 atom stereocenters. The van der Waals surface area contributed by atoms with Crippen LogP contribution in [0.25, 0.3) is 10.9 Å². The van der Waals surface area contributed by atoms with Crippen molar-refractivity contribution in [1.29, 1.82) is 0 Å². The minimum atomic E-state index is -0.319. The molecule has 7 heteroatoms. The number of carbonyl (C=O) groups excluding carboxylic acids is 2. The normalized spacial score (nSPS) is 19.2. The van der Waals surface area contributed by atoms with E-state index in [-0.39, 0.29) is 29.5 Å². The summed E-state index contributed by atoms with van der Waals surface area (Å²) in [6.45, 7) is 4.11. The first-order valence-corrected chi connectivity index (χ1v) is 9.44. The highest BCUT2D eigenvalue weighted by Crippen LogP contribution is 2.31. The highest BCUT2D eigenvalue weighted by atomic mass is 16.2. The maximum atomic E-state index is 12.7. The first-order valence-electron chi connectivity index (χ1n) is 9.44. The number of carbonyl (C=O) groups is 2. The smallest absolute Gasteiger partial charge is 0.269 e. The zero-order valence-corrected chi connectivity index (χ0v) is 16.1. The molecular weight excluding hydrogens is 354 g/mol. The van der Waals surface area contributed by atoms with Gasteiger partial charge in [0.15, 0.2) is 0 Å². The summed E-state index contributed by atoms with van der Waals surface area (Å²) in [5, 5.41) is 6.66. The average Bonchev–Trinajstić information content (AvgIpc) is 3.19. The van der Waals surface area contributed by atoms with Gasteiger partial charge in [-0.25, -0.2) is 4.98 Å². The largest absolute Gasteiger partial charge is 0.360 e. The van der Waals surface area contributed by atoms with E-state index in [4.69, 9.17) is 0 Å². The topological polar surface area (TPSA) is 99.8 Å². The number of H-pyrrole nitrogens is 1. The van der Waals surface area contributed by atoms with Crippen molar-refractivity contribution in [3.05, 3.63) is 59.3 Å². The van der Waals surface area contributed by atoms with Gasteiger partial charge < -0.3 is 15.6 Å². The molecule has 1 fully saturated rings. The lowest BCUT2D eigenvalue weighted by atomic mass is 9.94. The first kappa shape index (κ1) is 18.2. The van der Waals surface area contributed by atoms with Gasteiger partial charge in [-0.1, -0.05) is 13.8 Å². The van der Waals surface area contributed by atoms with E-state index in [0.717, 1.165) is 22.9 Å². The van der Waals surface area contributed by atoms with Crippen molar-refractivity contribution < 1.29 is 9.59 Å². The van der Waals surface area contributed by atoms with Gasteiger partial charge in [-0.15, -0.1) is 0 Å². The monoisotopic (exact) mass is 377 g/mol. The number of aromatic nitrogens is 3. The van der Waals surface area contributed by atoms with Gasteiger partial charge in [-0.3, -0.25) is 14.6 Å². The van der Waals surface area contributed by atoms with Gasteiger partial charge >= 0.3 is 0 Å². The molecule has 144 valence electrons. The van der Waals surface area contributed by atoms with Gasteiger partial charge in [0.25, 0.3) is 11.8 Å². The van der Waals surface area contributed by atoms with Gasteiger partial charge in [-0.05, 0) is 36.1 Å². The van der Waals surface area contributed by atoms with Crippen LogP contribution in [0.1, 0.15) is 58.3 Å². The molecule has 0 radical (unpaired) electrons. The number of rotatable bonds is 5. The van der Waals surface area contributed by atoms with Crippen LogP contribution in [-0.4, -0.2) is 39.9 Å². The summed E-state index contributed by atoms with van der Waals surface area (Å²) in [5.74, 6) is -0.128. The molecule has 2 amide bonds. The Kier molecular flexibility index (Phi) is 4.58. The zero-order chi connectivity index (χ0) is 19.8. The van der Waals surface area contributed by atoms with Crippen LogP contribution in [0.4, 0.5) is 0 Å². The van der Waals surface area contributed by atoms with Crippen molar-refractivity contribution in [2.75, 3.05) is 7.05 Å². The van der Waals surface area contributed by atoms with E-state index in [1.165, 1.54) is 0 Å². The van der Waals surface area contributed by atoms with E-state index in [1.54, 1.807) is 31.6 Å². The molecule has 3 heterocycles. The van der Waals surface area contributed by atoms with Gasteiger partial charge in [0.2, 0.25) is 0 Å². The molecule has 0 bridgehead atoms. The lowest BCUT2D eigenvalue weighted by Crippen LogP contribution is -2.28. The summed E-state index contributed by atoms with van der Waals surface area (Å²) >= 11 is 0. The molecule has 1 aliphatic carbocycles. The molecule has 0 spiro atoms. The van der Waals surface area contributed by atoms with E-state index in [9.17, 15) is 9.59 Å². The Labute approximate surface area is 163 Å². The fourth-order valence-corrected chi connectivity index (χ4v) is 3.43. The molecule has 7 nitrogen and oxygen atoms in total. The van der Waals surface area contributed by atoms with Gasteiger partial charge in [0.05, 0.1) is 11.7 Å². The predicted octanol–water partition coefficient (Wildman–Crippen LogP) is 2.61. The Hall–Kier alpha value is -3.22. The van der Waals surface area contributed by atoms with Gasteiger partial charge in [0, 0.05) is 48.0 Å². The minimum absolute atomic E-state index is 0.136. The third kappa shape index (κ3) is 3.35. The van der Waals surface area contributed by atoms with E-state index >= 15 is 0 Å². The number of nitrogens with one attached hydrogen (secondary N) is 3. The number of fused-ring (bicyclic) bond motifs is 1. The molecule has 3 N–H and O–H groups in total. The van der Waals surface area contributed by atoms with Crippen molar-refractivity contribution in [3.63, 3.8) is 0 Å². The van der Waals surface area contributed by atoms with Crippen molar-refractivity contribution in [1.82, 2.24) is 25.6 Å². The molecule has 1 aliphatic rings. The van der Waals surface area contributed by atoms with Crippen LogP contribution in [0.15, 0.2) is 36.8 Å². The molecular formula is C21H23N5O2. The van der Waals surface area contributed by atoms with Crippen molar-refractivity contribution >= 4 is 22.7 Å². The third-order valence-electron chi connectivity index (χ3n) is 5.41. The van der Waals surface area contributed by atoms with Crippen LogP contribution in [0.2, 0.25) is 0 Å². The number of pyridine rings is 2. The molecule has 1 saturated carbocycles. The number of nitrogens with zero attached hydrogens (tertiary/aromatic N) is 2. The summed E-state index contributed by atoms with van der Waals surface area (Å²) in [6.07, 6.45) is 6.44. The van der Waals surface area contributed by atoms with Crippen molar-refractivity contribution in [3.8, 4) is 0 Å². The van der Waals surface area contributed by atoms with Crippen molar-refractivity contribution in [2.24, 2.45) is 5.92 Å². The lowest BCUT2D eigenvalue weighted by molar-refractivity contribution is 0.0949. The average molecular weight is 377 g/mol. The number of hydrogen-bond donors (Lipinski definition) is 3. The zero-order valence-electron chi connectivity index (χ0n) is 16.1. The highest BCUT2D eigenvalue weighted by molar-refractivity contribution is 5.99. The van der Waals surface area contributed by atoms with Crippen LogP contribution in [0.5, 0.6) is 0 Å². The maximum absolute atomic E-state index is 12.7. The summed E-state index contributed by atoms with van der Waals surface area (Å²) in [4.78, 5) is 36.9. The predicted molar refractivity (Wildman–Crippen MR) is 106 cm³/mol. The third-order valence-corrected chi connectivity index (χ3v) is 5.41. The van der Waals surface area contributed by atoms with E-state index < -0.39 is 0 Å². The van der Waals surface area contributed by atoms with Crippen LogP contribution in [0, 0.1) is 5.92 Å². The number of amides is 2. The maximum Gasteiger partial charge on any atom is 0.269 e. The Morgan fingerprint density at radius 2 is 2.04 bits per heavy atom. The molecule has 0 saturated heterocycles. The Balaban J connectivity index is 1.74. The Morgan fingerprint density at radius 1 is 1.25 bits per heavy atom. The molecule has 0 aromatic carbocycles. The Bertz CT molecular complexity index is 1060. The van der Waals surface area contributed by atoms with Gasteiger partial charge in [-0.2, -0.15) is 0 Å². The van der Waals surface area contributed by atoms with E-state index in [2.05, 4.69) is 32.5 Å². The second-order valence-corrected chi connectivity index (χ2v) is 7.43. The SMILES string of the molecule is CNC(=O)c1cc(C(=O)N[C@H]2C[C@@H]2C)cc(C(C)c2cncc3[nH]ccc23)n1. The minimum Gasteiger partial charge on any atom is -0.360 e. The molecule has 3 aromatic rings. The van der Waals surface area contributed by atoms with Crippen LogP contribution in [0.3, 0.4) is 0 Å². The fraction of sp³-hybridized carbons (Fsp3) is 0.333.